The van der Waals surface area contributed by atoms with Crippen molar-refractivity contribution >= 4 is 10.2 Å². The van der Waals surface area contributed by atoms with Gasteiger partial charge in [-0.1, -0.05) is 19.8 Å². The second-order valence-corrected chi connectivity index (χ2v) is 7.93. The quantitative estimate of drug-likeness (QED) is 0.746. The average Bonchev–Trinajstić information content (AvgIpc) is 2.97. The minimum atomic E-state index is -3.27. The number of nitrogens with one attached hydrogen (secondary N) is 2. The van der Waals surface area contributed by atoms with Crippen molar-refractivity contribution in [3.63, 3.8) is 0 Å². The van der Waals surface area contributed by atoms with E-state index < -0.39 is 10.2 Å². The van der Waals surface area contributed by atoms with Crippen LogP contribution in [-0.2, 0) is 10.2 Å². The predicted molar refractivity (Wildman–Crippen MR) is 81.7 cm³/mol. The van der Waals surface area contributed by atoms with Crippen LogP contribution in [0.25, 0.3) is 0 Å². The molecule has 1 saturated heterocycles. The molecule has 1 atom stereocenters. The van der Waals surface area contributed by atoms with E-state index in [1.165, 1.54) is 25.7 Å². The number of nitrogens with zero attached hydrogens (tertiary/aromatic N) is 1. The Morgan fingerprint density at radius 1 is 1.05 bits per heavy atom. The largest absolute Gasteiger partial charge is 0.317 e. The Hall–Kier alpha value is -0.170. The first kappa shape index (κ1) is 16.2. The second kappa shape index (κ2) is 7.73. The summed E-state index contributed by atoms with van der Waals surface area (Å²) in [7, 11) is -3.27. The van der Waals surface area contributed by atoms with E-state index in [0.717, 1.165) is 25.9 Å². The van der Waals surface area contributed by atoms with Crippen molar-refractivity contribution in [3.8, 4) is 0 Å². The first-order valence-corrected chi connectivity index (χ1v) is 9.51. The van der Waals surface area contributed by atoms with Gasteiger partial charge in [-0.3, -0.25) is 0 Å². The summed E-state index contributed by atoms with van der Waals surface area (Å²) in [6.45, 7) is 5.90. The molecule has 0 bridgehead atoms. The molecule has 1 heterocycles. The Bertz CT molecular complexity index is 380. The molecule has 2 aliphatic rings. The van der Waals surface area contributed by atoms with Crippen molar-refractivity contribution in [2.45, 2.75) is 45.4 Å². The predicted octanol–water partition coefficient (Wildman–Crippen LogP) is 1.33. The van der Waals surface area contributed by atoms with Crippen LogP contribution in [0.1, 0.15) is 45.4 Å². The Morgan fingerprint density at radius 2 is 1.75 bits per heavy atom. The SMILES string of the molecule is CCNCC1CCCN(S(=O)(=O)NCC2CCCC2)C1. The number of piperidine rings is 1. The van der Waals surface area contributed by atoms with E-state index >= 15 is 0 Å². The van der Waals surface area contributed by atoms with Gasteiger partial charge in [-0.2, -0.15) is 12.7 Å². The van der Waals surface area contributed by atoms with Gasteiger partial charge in [-0.15, -0.1) is 0 Å². The molecular formula is C14H29N3O2S. The van der Waals surface area contributed by atoms with Crippen LogP contribution in [0.2, 0.25) is 0 Å². The third-order valence-electron chi connectivity index (χ3n) is 4.53. The Kier molecular flexibility index (Phi) is 6.26. The third kappa shape index (κ3) is 4.69. The summed E-state index contributed by atoms with van der Waals surface area (Å²) in [6.07, 6.45) is 6.95. The van der Waals surface area contributed by atoms with Gasteiger partial charge in [-0.25, -0.2) is 4.72 Å². The summed E-state index contributed by atoms with van der Waals surface area (Å²) in [5.41, 5.74) is 0. The van der Waals surface area contributed by atoms with Crippen LogP contribution in [0, 0.1) is 11.8 Å². The lowest BCUT2D eigenvalue weighted by Gasteiger charge is -2.32. The van der Waals surface area contributed by atoms with Gasteiger partial charge in [0.1, 0.15) is 0 Å². The maximum atomic E-state index is 12.4. The smallest absolute Gasteiger partial charge is 0.279 e. The highest BCUT2D eigenvalue weighted by Gasteiger charge is 2.29. The highest BCUT2D eigenvalue weighted by molar-refractivity contribution is 7.87. The third-order valence-corrected chi connectivity index (χ3v) is 6.08. The van der Waals surface area contributed by atoms with Crippen molar-refractivity contribution in [3.05, 3.63) is 0 Å². The van der Waals surface area contributed by atoms with Crippen molar-refractivity contribution in [1.82, 2.24) is 14.3 Å². The lowest BCUT2D eigenvalue weighted by molar-refractivity contribution is 0.258. The molecule has 118 valence electrons. The second-order valence-electron chi connectivity index (χ2n) is 6.18. The molecule has 1 saturated carbocycles. The zero-order valence-electron chi connectivity index (χ0n) is 12.6. The molecule has 6 heteroatoms. The van der Waals surface area contributed by atoms with E-state index in [2.05, 4.69) is 17.0 Å². The summed E-state index contributed by atoms with van der Waals surface area (Å²) in [5.74, 6) is 0.999. The topological polar surface area (TPSA) is 61.4 Å². The molecule has 1 unspecified atom stereocenters. The summed E-state index contributed by atoms with van der Waals surface area (Å²) in [4.78, 5) is 0. The monoisotopic (exact) mass is 303 g/mol. The van der Waals surface area contributed by atoms with E-state index in [1.54, 1.807) is 4.31 Å². The van der Waals surface area contributed by atoms with Crippen LogP contribution in [0.5, 0.6) is 0 Å². The Balaban J connectivity index is 1.81. The lowest BCUT2D eigenvalue weighted by Crippen LogP contribution is -2.48. The van der Waals surface area contributed by atoms with E-state index in [9.17, 15) is 8.42 Å². The number of hydrogen-bond acceptors (Lipinski definition) is 3. The molecule has 2 fully saturated rings. The maximum Gasteiger partial charge on any atom is 0.279 e. The van der Waals surface area contributed by atoms with Crippen LogP contribution in [-0.4, -0.2) is 45.4 Å². The minimum absolute atomic E-state index is 0.451. The van der Waals surface area contributed by atoms with Gasteiger partial charge in [0.15, 0.2) is 0 Å². The van der Waals surface area contributed by atoms with E-state index in [-0.39, 0.29) is 0 Å². The molecule has 20 heavy (non-hydrogen) atoms. The van der Waals surface area contributed by atoms with Crippen LogP contribution in [0.15, 0.2) is 0 Å². The highest BCUT2D eigenvalue weighted by atomic mass is 32.2. The molecule has 2 N–H and O–H groups in total. The van der Waals surface area contributed by atoms with E-state index in [0.29, 0.717) is 31.5 Å². The molecule has 0 amide bonds. The normalized spacial score (nSPS) is 26.1. The zero-order valence-corrected chi connectivity index (χ0v) is 13.4. The molecule has 0 aromatic carbocycles. The maximum absolute atomic E-state index is 12.4. The number of rotatable bonds is 7. The standard InChI is InChI=1S/C14H29N3O2S/c1-2-15-10-14-8-5-9-17(12-14)20(18,19)16-11-13-6-3-4-7-13/h13-16H,2-12H2,1H3. The average molecular weight is 303 g/mol. The van der Waals surface area contributed by atoms with Crippen molar-refractivity contribution in [2.75, 3.05) is 32.7 Å². The molecule has 0 spiro atoms. The van der Waals surface area contributed by atoms with Gasteiger partial charge < -0.3 is 5.32 Å². The fourth-order valence-electron chi connectivity index (χ4n) is 3.29. The summed E-state index contributed by atoms with van der Waals surface area (Å²) in [6, 6.07) is 0. The van der Waals surface area contributed by atoms with Gasteiger partial charge >= 0.3 is 0 Å². The molecule has 1 aliphatic heterocycles. The van der Waals surface area contributed by atoms with Gasteiger partial charge in [0.2, 0.25) is 0 Å². The zero-order chi connectivity index (χ0) is 14.4. The van der Waals surface area contributed by atoms with Gasteiger partial charge in [0.05, 0.1) is 0 Å². The fraction of sp³-hybridized carbons (Fsp3) is 1.00. The summed E-state index contributed by atoms with van der Waals surface area (Å²) >= 11 is 0. The summed E-state index contributed by atoms with van der Waals surface area (Å²) < 4.78 is 29.2. The first-order chi connectivity index (χ1) is 9.62. The Labute approximate surface area is 123 Å². The van der Waals surface area contributed by atoms with E-state index in [4.69, 9.17) is 0 Å². The van der Waals surface area contributed by atoms with Crippen molar-refractivity contribution < 1.29 is 8.42 Å². The molecule has 2 rings (SSSR count). The first-order valence-electron chi connectivity index (χ1n) is 8.07. The van der Waals surface area contributed by atoms with Crippen LogP contribution in [0.3, 0.4) is 0 Å². The molecule has 0 radical (unpaired) electrons. The number of hydrogen-bond donors (Lipinski definition) is 2. The molecule has 1 aliphatic carbocycles. The fourth-order valence-corrected chi connectivity index (χ4v) is 4.69. The summed E-state index contributed by atoms with van der Waals surface area (Å²) in [5, 5.41) is 3.32. The van der Waals surface area contributed by atoms with Crippen LogP contribution in [0.4, 0.5) is 0 Å². The molecular weight excluding hydrogens is 274 g/mol. The molecule has 0 aromatic rings. The van der Waals surface area contributed by atoms with Crippen LogP contribution < -0.4 is 10.0 Å². The van der Waals surface area contributed by atoms with Crippen molar-refractivity contribution in [2.24, 2.45) is 11.8 Å². The van der Waals surface area contributed by atoms with Crippen LogP contribution >= 0.6 is 0 Å². The van der Waals surface area contributed by atoms with Gasteiger partial charge in [-0.05, 0) is 50.6 Å². The minimum Gasteiger partial charge on any atom is -0.317 e. The lowest BCUT2D eigenvalue weighted by atomic mass is 10.00. The Morgan fingerprint density at radius 3 is 2.45 bits per heavy atom. The molecule has 5 nitrogen and oxygen atoms in total. The van der Waals surface area contributed by atoms with Crippen molar-refractivity contribution in [1.29, 1.82) is 0 Å². The van der Waals surface area contributed by atoms with Gasteiger partial charge in [0.25, 0.3) is 10.2 Å². The van der Waals surface area contributed by atoms with E-state index in [1.807, 2.05) is 0 Å². The van der Waals surface area contributed by atoms with Gasteiger partial charge in [0, 0.05) is 19.6 Å². The highest BCUT2D eigenvalue weighted by Crippen LogP contribution is 2.24. The molecule has 0 aromatic heterocycles.